The molecule has 1 aliphatic rings. The molecule has 10 nitrogen and oxygen atoms in total. The number of nitrogens with zero attached hydrogens (tertiary/aromatic N) is 3. The average Bonchev–Trinajstić information content (AvgIpc) is 3.31. The number of aromatic nitrogens is 1. The summed E-state index contributed by atoms with van der Waals surface area (Å²) < 4.78 is 62.6. The molecule has 1 aromatic heterocycles. The van der Waals surface area contributed by atoms with E-state index < -0.39 is 32.2 Å². The zero-order chi connectivity index (χ0) is 26.6. The minimum atomic E-state index is -4.22. The Bertz CT molecular complexity index is 1530. The maximum absolute atomic E-state index is 13.5. The lowest BCUT2D eigenvalue weighted by atomic mass is 10.1. The molecule has 37 heavy (non-hydrogen) atoms. The van der Waals surface area contributed by atoms with Crippen molar-refractivity contribution in [3.05, 3.63) is 60.3 Å². The molecule has 0 spiro atoms. The quantitative estimate of drug-likeness (QED) is 0.429. The van der Waals surface area contributed by atoms with Crippen LogP contribution in [0.2, 0.25) is 0 Å². The number of nitrogens with one attached hydrogen (secondary N) is 1. The second kappa shape index (κ2) is 10.9. The van der Waals surface area contributed by atoms with Gasteiger partial charge in [-0.15, -0.1) is 0 Å². The van der Waals surface area contributed by atoms with Gasteiger partial charge in [-0.25, -0.2) is 30.3 Å². The molecular weight excluding hydrogens is 516 g/mol. The molecule has 0 bridgehead atoms. The number of likely N-dealkylation sites (tertiary alicyclic amines) is 1. The van der Waals surface area contributed by atoms with E-state index in [2.05, 4.69) is 4.72 Å². The first-order chi connectivity index (χ1) is 17.7. The minimum absolute atomic E-state index is 0.00985. The summed E-state index contributed by atoms with van der Waals surface area (Å²) in [6, 6.07) is 13.6. The van der Waals surface area contributed by atoms with Crippen LogP contribution in [0.1, 0.15) is 38.2 Å². The number of sulfonamides is 1. The van der Waals surface area contributed by atoms with Gasteiger partial charge >= 0.3 is 6.09 Å². The van der Waals surface area contributed by atoms with Gasteiger partial charge in [-0.05, 0) is 43.5 Å². The van der Waals surface area contributed by atoms with Gasteiger partial charge in [0, 0.05) is 30.7 Å². The van der Waals surface area contributed by atoms with E-state index in [1.54, 1.807) is 23.1 Å². The van der Waals surface area contributed by atoms with Crippen LogP contribution in [0.5, 0.6) is 0 Å². The second-order valence-electron chi connectivity index (χ2n) is 8.77. The highest BCUT2D eigenvalue weighted by molar-refractivity contribution is 7.91. The van der Waals surface area contributed by atoms with Gasteiger partial charge in [0.1, 0.15) is 4.90 Å². The number of hydrogen-bond donors (Lipinski definition) is 1. The first kappa shape index (κ1) is 26.7. The number of carbonyl (C=O) groups is 1. The zero-order valence-corrected chi connectivity index (χ0v) is 22.0. The number of amides is 1. The van der Waals surface area contributed by atoms with E-state index in [1.165, 1.54) is 30.3 Å². The van der Waals surface area contributed by atoms with Gasteiger partial charge in [0.25, 0.3) is 10.0 Å². The zero-order valence-electron chi connectivity index (χ0n) is 20.3. The third-order valence-electron chi connectivity index (χ3n) is 6.27. The lowest BCUT2D eigenvalue weighted by molar-refractivity contribution is 0.0911. The van der Waals surface area contributed by atoms with Gasteiger partial charge in [-0.1, -0.05) is 37.6 Å². The van der Waals surface area contributed by atoms with E-state index in [0.717, 1.165) is 23.0 Å². The Morgan fingerprint density at radius 3 is 2.43 bits per heavy atom. The Hall–Kier alpha value is -3.40. The molecule has 196 valence electrons. The number of carbonyl (C=O) groups excluding carboxylic acids is 1. The van der Waals surface area contributed by atoms with Crippen molar-refractivity contribution in [1.82, 2.24) is 13.6 Å². The molecule has 4 rings (SSSR count). The number of hydrogen-bond acceptors (Lipinski definition) is 7. The van der Waals surface area contributed by atoms with Crippen LogP contribution >= 0.6 is 0 Å². The average molecular weight is 545 g/mol. The van der Waals surface area contributed by atoms with Crippen LogP contribution in [0, 0.1) is 11.3 Å². The minimum Gasteiger partial charge on any atom is -0.449 e. The molecule has 1 aliphatic heterocycles. The van der Waals surface area contributed by atoms with Crippen LogP contribution in [0.3, 0.4) is 0 Å². The molecular formula is C25H28N4O6S2. The monoisotopic (exact) mass is 544 g/mol. The Labute approximate surface area is 216 Å². The Morgan fingerprint density at radius 2 is 1.78 bits per heavy atom. The van der Waals surface area contributed by atoms with Crippen molar-refractivity contribution in [1.29, 1.82) is 5.26 Å². The van der Waals surface area contributed by atoms with Crippen LogP contribution in [-0.4, -0.2) is 57.5 Å². The molecule has 0 saturated carbocycles. The smallest absolute Gasteiger partial charge is 0.409 e. The van der Waals surface area contributed by atoms with Gasteiger partial charge < -0.3 is 9.64 Å². The fourth-order valence-corrected chi connectivity index (χ4v) is 7.26. The van der Waals surface area contributed by atoms with Crippen LogP contribution in [-0.2, 0) is 24.8 Å². The van der Waals surface area contributed by atoms with Gasteiger partial charge in [-0.3, -0.25) is 0 Å². The molecule has 0 aliphatic carbocycles. The molecule has 3 aromatic rings. The van der Waals surface area contributed by atoms with E-state index in [-0.39, 0.29) is 26.3 Å². The van der Waals surface area contributed by atoms with Crippen molar-refractivity contribution < 1.29 is 26.4 Å². The summed E-state index contributed by atoms with van der Waals surface area (Å²) in [6.07, 6.45) is 3.06. The van der Waals surface area contributed by atoms with Gasteiger partial charge in [0.2, 0.25) is 10.0 Å². The summed E-state index contributed by atoms with van der Waals surface area (Å²) in [5, 5.41) is 9.70. The van der Waals surface area contributed by atoms with E-state index >= 15 is 0 Å². The predicted molar refractivity (Wildman–Crippen MR) is 137 cm³/mol. The predicted octanol–water partition coefficient (Wildman–Crippen LogP) is 3.43. The van der Waals surface area contributed by atoms with E-state index in [4.69, 9.17) is 4.74 Å². The number of fused-ring (bicyclic) bond motifs is 1. The van der Waals surface area contributed by atoms with Gasteiger partial charge in [0.15, 0.2) is 0 Å². The fraction of sp³-hybridized carbons (Fsp3) is 0.360. The van der Waals surface area contributed by atoms with Crippen LogP contribution in [0.4, 0.5) is 4.79 Å². The number of benzene rings is 2. The molecule has 1 amide bonds. The molecule has 0 atom stereocenters. The normalized spacial score (nSPS) is 15.0. The van der Waals surface area contributed by atoms with Crippen LogP contribution in [0.15, 0.2) is 64.5 Å². The first-order valence-electron chi connectivity index (χ1n) is 12.0. The maximum atomic E-state index is 13.5. The fourth-order valence-electron chi connectivity index (χ4n) is 4.28. The molecule has 2 aromatic carbocycles. The molecule has 1 N–H and O–H groups in total. The maximum Gasteiger partial charge on any atom is 0.409 e. The lowest BCUT2D eigenvalue weighted by Crippen LogP contribution is -2.46. The van der Waals surface area contributed by atoms with E-state index in [9.17, 15) is 26.9 Å². The molecule has 12 heteroatoms. The Balaban J connectivity index is 1.63. The summed E-state index contributed by atoms with van der Waals surface area (Å²) in [5.41, 5.74) is 0.137. The standard InChI is InChI=1S/C25H28N4O6S2/c1-2-3-16-35-25(30)28-14-12-20(13-15-28)27-36(31,32)23-18-29(22-11-7-8-19(17-26)24(22)23)37(33,34)21-9-5-4-6-10-21/h4-11,18,20,27H,2-3,12-16H2,1H3. The molecule has 0 radical (unpaired) electrons. The second-order valence-corrected chi connectivity index (χ2v) is 12.3. The SMILES string of the molecule is CCCCOC(=O)N1CCC(NS(=O)(=O)c2cn(S(=O)(=O)c3ccccc3)c3cccc(C#N)c23)CC1. The van der Waals surface area contributed by atoms with Crippen molar-refractivity contribution >= 4 is 37.0 Å². The number of piperidine rings is 1. The summed E-state index contributed by atoms with van der Waals surface area (Å²) in [4.78, 5) is 13.4. The first-order valence-corrected chi connectivity index (χ1v) is 14.9. The third kappa shape index (κ3) is 5.49. The molecule has 1 saturated heterocycles. The largest absolute Gasteiger partial charge is 0.449 e. The van der Waals surface area contributed by atoms with Gasteiger partial charge in [-0.2, -0.15) is 5.26 Å². The highest BCUT2D eigenvalue weighted by atomic mass is 32.2. The van der Waals surface area contributed by atoms with Crippen molar-refractivity contribution in [3.63, 3.8) is 0 Å². The van der Waals surface area contributed by atoms with Crippen molar-refractivity contribution in [2.75, 3.05) is 19.7 Å². The Kier molecular flexibility index (Phi) is 7.87. The highest BCUT2D eigenvalue weighted by Gasteiger charge is 2.32. The molecule has 2 heterocycles. The number of nitriles is 1. The highest BCUT2D eigenvalue weighted by Crippen LogP contribution is 2.32. The molecule has 0 unspecified atom stereocenters. The Morgan fingerprint density at radius 1 is 1.08 bits per heavy atom. The summed E-state index contributed by atoms with van der Waals surface area (Å²) >= 11 is 0. The summed E-state index contributed by atoms with van der Waals surface area (Å²) in [6.45, 7) is 3.00. The lowest BCUT2D eigenvalue weighted by Gasteiger charge is -2.31. The summed E-state index contributed by atoms with van der Waals surface area (Å²) in [7, 11) is -8.35. The van der Waals surface area contributed by atoms with Crippen LogP contribution < -0.4 is 4.72 Å². The van der Waals surface area contributed by atoms with E-state index in [1.807, 2.05) is 13.0 Å². The van der Waals surface area contributed by atoms with Crippen molar-refractivity contribution in [3.8, 4) is 6.07 Å². The number of rotatable bonds is 8. The third-order valence-corrected chi connectivity index (χ3v) is 9.49. The van der Waals surface area contributed by atoms with Gasteiger partial charge in [0.05, 0.1) is 28.7 Å². The van der Waals surface area contributed by atoms with Crippen molar-refractivity contribution in [2.24, 2.45) is 0 Å². The topological polar surface area (TPSA) is 139 Å². The summed E-state index contributed by atoms with van der Waals surface area (Å²) in [5.74, 6) is 0. The number of ether oxygens (including phenoxy) is 1. The number of unbranched alkanes of at least 4 members (excludes halogenated alkanes) is 1. The molecule has 1 fully saturated rings. The van der Waals surface area contributed by atoms with E-state index in [0.29, 0.717) is 32.5 Å². The van der Waals surface area contributed by atoms with Crippen molar-refractivity contribution in [2.45, 2.75) is 48.4 Å². The van der Waals surface area contributed by atoms with Crippen LogP contribution in [0.25, 0.3) is 10.9 Å².